The lowest BCUT2D eigenvalue weighted by molar-refractivity contribution is -0.160. The van der Waals surface area contributed by atoms with E-state index in [9.17, 15) is 29.1 Å². The fourth-order valence-corrected chi connectivity index (χ4v) is 12.5. The van der Waals surface area contributed by atoms with Crippen molar-refractivity contribution >= 4 is 49.4 Å². The molecule has 416 valence electrons. The minimum Gasteiger partial charge on any atom is -0.462 e. The number of aliphatic hydroxyl groups is 1. The fraction of sp³-hybridized carbons (Fsp3) is 0.679. The lowest BCUT2D eigenvalue weighted by Gasteiger charge is -2.44. The lowest BCUT2D eigenvalue weighted by atomic mass is 9.65. The summed E-state index contributed by atoms with van der Waals surface area (Å²) in [7, 11) is -2.05. The minimum absolute atomic E-state index is 0.0279. The van der Waals surface area contributed by atoms with Gasteiger partial charge in [0.15, 0.2) is 8.32 Å². The van der Waals surface area contributed by atoms with Crippen LogP contribution in [0.3, 0.4) is 0 Å². The first-order chi connectivity index (χ1) is 35.4. The first-order valence-electron chi connectivity index (χ1n) is 26.9. The molecule has 75 heavy (non-hydrogen) atoms. The Morgan fingerprint density at radius 1 is 0.933 bits per heavy atom. The number of aromatic nitrogens is 1. The van der Waals surface area contributed by atoms with Gasteiger partial charge in [-0.1, -0.05) is 97.9 Å². The molecule has 1 aromatic heterocycles. The number of aryl methyl sites for hydroxylation is 1. The van der Waals surface area contributed by atoms with E-state index in [2.05, 4.69) is 86.9 Å². The summed E-state index contributed by atoms with van der Waals surface area (Å²) < 4.78 is 35.5. The number of allylic oxidation sites excluding steroid dienone is 3. The highest BCUT2D eigenvalue weighted by Crippen LogP contribution is 2.46. The number of likely N-dealkylation sites (tertiary alicyclic amines) is 1. The SMILES string of the molecule is Cc1ncsc1-c1ccc(CNC(=O)[C@@H]2C[C@@H](O)CN2C(=O)[C@@H](NC(=O)COCCOCCOCCNC(=O)O[C@H]2C[C@@H](C)C=C3C=C[C@H](C)[C@H](CC[C@@H]4C[C@@H](O[Si](C)(C)C(C)(C)C)CC(=O)O4)[C@H]32)C(C)(C)C)cc1. The molecule has 1 aromatic carbocycles. The number of alkyl carbamates (subject to hydrolysis) is 1. The molecule has 0 radical (unpaired) electrons. The zero-order valence-corrected chi connectivity index (χ0v) is 48.1. The molecule has 19 heteroatoms. The number of amides is 4. The Morgan fingerprint density at radius 3 is 2.29 bits per heavy atom. The minimum atomic E-state index is -2.05. The molecule has 17 nitrogen and oxygen atoms in total. The second-order valence-corrected chi connectivity index (χ2v) is 29.1. The molecule has 4 N–H and O–H groups in total. The number of rotatable bonds is 23. The molecule has 4 aliphatic rings. The average Bonchev–Trinajstić information content (AvgIpc) is 3.95. The third-order valence-corrected chi connectivity index (χ3v) is 20.9. The number of nitrogens with one attached hydrogen (secondary N) is 3. The maximum absolute atomic E-state index is 14.0. The van der Waals surface area contributed by atoms with E-state index in [1.165, 1.54) is 10.5 Å². The summed E-state index contributed by atoms with van der Waals surface area (Å²) in [6, 6.07) is 5.97. The predicted molar refractivity (Wildman–Crippen MR) is 290 cm³/mol. The number of aliphatic hydroxyl groups excluding tert-OH is 1. The Bertz CT molecular complexity index is 2310. The van der Waals surface area contributed by atoms with E-state index < -0.39 is 49.8 Å². The largest absolute Gasteiger partial charge is 0.462 e. The summed E-state index contributed by atoms with van der Waals surface area (Å²) in [5, 5.41) is 19.2. The number of nitrogens with zero attached hydrogens (tertiary/aromatic N) is 2. The lowest BCUT2D eigenvalue weighted by Crippen LogP contribution is -2.58. The number of esters is 1. The van der Waals surface area contributed by atoms with Gasteiger partial charge >= 0.3 is 12.1 Å². The molecule has 6 rings (SSSR count). The molecule has 0 saturated carbocycles. The molecular weight excluding hydrogens is 995 g/mol. The van der Waals surface area contributed by atoms with E-state index in [4.69, 9.17) is 28.1 Å². The molecule has 2 saturated heterocycles. The van der Waals surface area contributed by atoms with E-state index in [0.29, 0.717) is 12.8 Å². The van der Waals surface area contributed by atoms with Crippen LogP contribution >= 0.6 is 11.3 Å². The summed E-state index contributed by atoms with van der Waals surface area (Å²) in [5.41, 5.74) is 5.18. The molecule has 0 bridgehead atoms. The maximum atomic E-state index is 14.0. The van der Waals surface area contributed by atoms with Crippen LogP contribution in [0.2, 0.25) is 18.1 Å². The van der Waals surface area contributed by atoms with Crippen LogP contribution in [0.15, 0.2) is 53.6 Å². The highest BCUT2D eigenvalue weighted by atomic mass is 32.1. The summed E-state index contributed by atoms with van der Waals surface area (Å²) >= 11 is 1.57. The quantitative estimate of drug-likeness (QED) is 0.0479. The van der Waals surface area contributed by atoms with Gasteiger partial charge in [0, 0.05) is 38.4 Å². The molecule has 3 heterocycles. The van der Waals surface area contributed by atoms with Crippen LogP contribution in [0.5, 0.6) is 0 Å². The third-order valence-electron chi connectivity index (χ3n) is 15.4. The van der Waals surface area contributed by atoms with E-state index in [1.807, 2.05) is 57.5 Å². The van der Waals surface area contributed by atoms with Crippen LogP contribution in [-0.2, 0) is 53.8 Å². The van der Waals surface area contributed by atoms with Crippen LogP contribution in [0.4, 0.5) is 4.79 Å². The first-order valence-corrected chi connectivity index (χ1v) is 30.7. The molecule has 0 unspecified atom stereocenters. The Kier molecular flexibility index (Phi) is 21.3. The van der Waals surface area contributed by atoms with E-state index in [0.717, 1.165) is 41.0 Å². The molecule has 2 aromatic rings. The van der Waals surface area contributed by atoms with Gasteiger partial charge < -0.3 is 54.1 Å². The van der Waals surface area contributed by atoms with Crippen LogP contribution in [0, 0.1) is 36.0 Å². The number of carbonyl (C=O) groups excluding carboxylic acids is 5. The van der Waals surface area contributed by atoms with Gasteiger partial charge in [-0.3, -0.25) is 19.2 Å². The van der Waals surface area contributed by atoms with Gasteiger partial charge in [-0.05, 0) is 84.2 Å². The summed E-state index contributed by atoms with van der Waals surface area (Å²) in [4.78, 5) is 73.2. The van der Waals surface area contributed by atoms with Gasteiger partial charge in [0.1, 0.15) is 30.9 Å². The van der Waals surface area contributed by atoms with Crippen LogP contribution in [-0.4, -0.2) is 142 Å². The second kappa shape index (κ2) is 26.7. The van der Waals surface area contributed by atoms with Crippen LogP contribution in [0.25, 0.3) is 10.4 Å². The van der Waals surface area contributed by atoms with Crippen molar-refractivity contribution in [2.75, 3.05) is 52.7 Å². The van der Waals surface area contributed by atoms with E-state index in [-0.39, 0.29) is 125 Å². The van der Waals surface area contributed by atoms with Crippen molar-refractivity contribution in [2.45, 2.75) is 162 Å². The fourth-order valence-electron chi connectivity index (χ4n) is 10.3. The standard InChI is InChI=1S/C56H85N5O12SSi/c1-35-26-40-15-12-36(2)44(19-18-42-29-43(30-48(64)71-42)73-75(10,11)56(7,8)9)49(40)46(27-35)72-54(67)57-20-21-68-22-23-69-24-25-70-33-47(63)60-51(55(4,5)6)53(66)61-32-41(62)28-45(61)52(65)58-31-38-13-16-39(17-14-38)50-37(3)59-34-74-50/h12-17,26,34-36,41-46,49,51,62H,18-25,27-33H2,1-11H3,(H,57,67)(H,58,65)(H,60,63)/t35-,36-,41+,42+,43+,44-,45-,46-,49-,51+/m0/s1. The number of ether oxygens (including phenoxy) is 5. The van der Waals surface area contributed by atoms with Crippen molar-refractivity contribution < 1.29 is 57.2 Å². The maximum Gasteiger partial charge on any atom is 0.407 e. The number of carbonyl (C=O) groups is 5. The zero-order valence-electron chi connectivity index (χ0n) is 46.2. The van der Waals surface area contributed by atoms with Gasteiger partial charge in [0.2, 0.25) is 17.7 Å². The molecule has 2 aliphatic carbocycles. The van der Waals surface area contributed by atoms with E-state index in [1.54, 1.807) is 11.3 Å². The number of thiazole rings is 1. The molecular formula is C56H85N5O12SSi. The Hall–Kier alpha value is -4.50. The highest BCUT2D eigenvalue weighted by Gasteiger charge is 2.46. The zero-order chi connectivity index (χ0) is 54.7. The van der Waals surface area contributed by atoms with Crippen LogP contribution < -0.4 is 16.0 Å². The highest BCUT2D eigenvalue weighted by molar-refractivity contribution is 7.13. The van der Waals surface area contributed by atoms with E-state index >= 15 is 0 Å². The Labute approximate surface area is 449 Å². The van der Waals surface area contributed by atoms with Gasteiger partial charge in [-0.15, -0.1) is 11.3 Å². The van der Waals surface area contributed by atoms with Gasteiger partial charge in [0.25, 0.3) is 0 Å². The number of hydrogen-bond acceptors (Lipinski definition) is 14. The van der Waals surface area contributed by atoms with Crippen molar-refractivity contribution in [2.24, 2.45) is 29.1 Å². The first kappa shape index (κ1) is 59.7. The summed E-state index contributed by atoms with van der Waals surface area (Å²) in [5.74, 6) is -0.782. The topological polar surface area (TPSA) is 213 Å². The second-order valence-electron chi connectivity index (χ2n) is 23.5. The number of fused-ring (bicyclic) bond motifs is 1. The van der Waals surface area contributed by atoms with Crippen molar-refractivity contribution in [1.29, 1.82) is 0 Å². The number of β-amino-alcohol motifs (C(OH)–C–C–N with tert-alkyl or cyclic N) is 1. The Morgan fingerprint density at radius 2 is 1.63 bits per heavy atom. The summed E-state index contributed by atoms with van der Waals surface area (Å²) in [6.07, 6.45) is 8.06. The third kappa shape index (κ3) is 17.0. The van der Waals surface area contributed by atoms with Gasteiger partial charge in [-0.25, -0.2) is 9.78 Å². The number of benzene rings is 1. The van der Waals surface area contributed by atoms with Crippen LogP contribution in [0.1, 0.15) is 105 Å². The van der Waals surface area contributed by atoms with Crippen molar-refractivity contribution in [3.05, 3.63) is 64.8 Å². The number of cyclic esters (lactones) is 1. The molecule has 2 fully saturated rings. The molecule has 10 atom stereocenters. The summed E-state index contributed by atoms with van der Waals surface area (Å²) in [6.45, 7) is 24.1. The Balaban J connectivity index is 0.853. The van der Waals surface area contributed by atoms with Gasteiger partial charge in [-0.2, -0.15) is 0 Å². The normalized spacial score (nSPS) is 25.4. The van der Waals surface area contributed by atoms with Crippen molar-refractivity contribution in [3.8, 4) is 10.4 Å². The smallest absolute Gasteiger partial charge is 0.407 e. The number of hydrogen-bond donors (Lipinski definition) is 4. The van der Waals surface area contributed by atoms with Crippen molar-refractivity contribution in [3.63, 3.8) is 0 Å². The van der Waals surface area contributed by atoms with Gasteiger partial charge in [0.05, 0.1) is 67.7 Å². The molecule has 0 spiro atoms. The average molecular weight is 1080 g/mol. The van der Waals surface area contributed by atoms with Crippen molar-refractivity contribution in [1.82, 2.24) is 25.8 Å². The molecule has 4 amide bonds. The monoisotopic (exact) mass is 1080 g/mol. The predicted octanol–water partition coefficient (Wildman–Crippen LogP) is 7.65. The molecule has 2 aliphatic heterocycles.